The summed E-state index contributed by atoms with van der Waals surface area (Å²) < 4.78 is 0. The molecule has 1 aromatic carbocycles. The summed E-state index contributed by atoms with van der Waals surface area (Å²) in [6.45, 7) is 0. The number of hydrogen-bond acceptors (Lipinski definition) is 3. The summed E-state index contributed by atoms with van der Waals surface area (Å²) in [6, 6.07) is 8.51. The molecule has 6 heteroatoms. The quantitative estimate of drug-likeness (QED) is 0.879. The molecule has 0 saturated carbocycles. The molecule has 2 aromatic rings. The lowest BCUT2D eigenvalue weighted by molar-refractivity contribution is 0.102. The minimum absolute atomic E-state index is 0.264. The molecule has 1 N–H and O–H groups in total. The van der Waals surface area contributed by atoms with Gasteiger partial charge in [-0.15, -0.1) is 0 Å². The van der Waals surface area contributed by atoms with Crippen molar-refractivity contribution in [1.82, 2.24) is 4.98 Å². The van der Waals surface area contributed by atoms with Crippen molar-refractivity contribution in [1.29, 1.82) is 0 Å². The number of carbonyl (C=O) groups is 1. The number of hydrogen-bond donors (Lipinski definition) is 1. The molecule has 20 heavy (non-hydrogen) atoms. The molecule has 1 amide bonds. The number of anilines is 2. The van der Waals surface area contributed by atoms with Gasteiger partial charge in [-0.25, -0.2) is 4.98 Å². The zero-order chi connectivity index (χ0) is 14.7. The molecule has 0 aliphatic rings. The van der Waals surface area contributed by atoms with Crippen molar-refractivity contribution in [3.8, 4) is 0 Å². The lowest BCUT2D eigenvalue weighted by Crippen LogP contribution is -2.16. The van der Waals surface area contributed by atoms with Crippen LogP contribution in [0.3, 0.4) is 0 Å². The second kappa shape index (κ2) is 6.11. The van der Waals surface area contributed by atoms with Crippen molar-refractivity contribution in [2.75, 3.05) is 24.3 Å². The molecule has 0 spiro atoms. The third-order valence-electron chi connectivity index (χ3n) is 2.68. The number of amides is 1. The van der Waals surface area contributed by atoms with Crippen LogP contribution in [-0.4, -0.2) is 25.0 Å². The second-order valence-electron chi connectivity index (χ2n) is 4.38. The summed E-state index contributed by atoms with van der Waals surface area (Å²) >= 11 is 11.7. The highest BCUT2D eigenvalue weighted by Crippen LogP contribution is 2.28. The zero-order valence-electron chi connectivity index (χ0n) is 11.0. The molecule has 0 aliphatic heterocycles. The van der Waals surface area contributed by atoms with Crippen molar-refractivity contribution < 1.29 is 4.79 Å². The van der Waals surface area contributed by atoms with Crippen LogP contribution in [0.4, 0.5) is 11.4 Å². The van der Waals surface area contributed by atoms with Gasteiger partial charge in [-0.3, -0.25) is 4.79 Å². The Hall–Kier alpha value is -1.78. The molecule has 0 radical (unpaired) electrons. The smallest absolute Gasteiger partial charge is 0.257 e. The summed E-state index contributed by atoms with van der Waals surface area (Å²) in [7, 11) is 3.78. The van der Waals surface area contributed by atoms with Gasteiger partial charge in [0.1, 0.15) is 5.15 Å². The Balaban J connectivity index is 2.27. The highest BCUT2D eigenvalue weighted by molar-refractivity contribution is 6.31. The molecule has 0 aliphatic carbocycles. The molecule has 0 saturated heterocycles. The lowest BCUT2D eigenvalue weighted by Gasteiger charge is -2.18. The van der Waals surface area contributed by atoms with Crippen LogP contribution in [0.5, 0.6) is 0 Å². The maximum absolute atomic E-state index is 12.2. The number of benzene rings is 1. The van der Waals surface area contributed by atoms with E-state index in [1.165, 1.54) is 6.20 Å². The minimum atomic E-state index is -0.264. The highest BCUT2D eigenvalue weighted by Gasteiger charge is 2.11. The number of halogens is 2. The van der Waals surface area contributed by atoms with Crippen LogP contribution in [0.1, 0.15) is 10.4 Å². The topological polar surface area (TPSA) is 45.2 Å². The molecule has 0 atom stereocenters. The van der Waals surface area contributed by atoms with Gasteiger partial charge in [-0.1, -0.05) is 23.2 Å². The first-order valence-corrected chi connectivity index (χ1v) is 6.63. The Morgan fingerprint density at radius 1 is 1.20 bits per heavy atom. The SMILES string of the molecule is CN(C)c1ccc(Cl)cc1NC(=O)c1ccc(Cl)nc1. The van der Waals surface area contributed by atoms with E-state index in [1.807, 2.05) is 25.1 Å². The number of aromatic nitrogens is 1. The van der Waals surface area contributed by atoms with Crippen LogP contribution >= 0.6 is 23.2 Å². The number of nitrogens with one attached hydrogen (secondary N) is 1. The number of rotatable bonds is 3. The van der Waals surface area contributed by atoms with E-state index in [0.717, 1.165) is 5.69 Å². The third-order valence-corrected chi connectivity index (χ3v) is 3.14. The van der Waals surface area contributed by atoms with Crippen molar-refractivity contribution in [2.45, 2.75) is 0 Å². The third kappa shape index (κ3) is 3.40. The molecule has 0 bridgehead atoms. The molecular formula is C14H13Cl2N3O. The van der Waals surface area contributed by atoms with E-state index in [1.54, 1.807) is 24.3 Å². The van der Waals surface area contributed by atoms with Crippen LogP contribution in [0.25, 0.3) is 0 Å². The molecule has 104 valence electrons. The maximum Gasteiger partial charge on any atom is 0.257 e. The molecule has 1 heterocycles. The van der Waals surface area contributed by atoms with Gasteiger partial charge in [0, 0.05) is 25.3 Å². The standard InChI is InChI=1S/C14H13Cl2N3O/c1-19(2)12-5-4-10(15)7-11(12)18-14(20)9-3-6-13(16)17-8-9/h3-8H,1-2H3,(H,18,20). The molecule has 4 nitrogen and oxygen atoms in total. The fourth-order valence-corrected chi connectivity index (χ4v) is 1.99. The summed E-state index contributed by atoms with van der Waals surface area (Å²) in [5, 5.41) is 3.72. The van der Waals surface area contributed by atoms with Gasteiger partial charge in [0.15, 0.2) is 0 Å². The van der Waals surface area contributed by atoms with Crippen LogP contribution in [0.2, 0.25) is 10.2 Å². The first kappa shape index (κ1) is 14.6. The van der Waals surface area contributed by atoms with Gasteiger partial charge in [-0.2, -0.15) is 0 Å². The second-order valence-corrected chi connectivity index (χ2v) is 5.20. The Labute approximate surface area is 127 Å². The van der Waals surface area contributed by atoms with Crippen LogP contribution in [0, 0.1) is 0 Å². The normalized spacial score (nSPS) is 10.2. The number of nitrogens with zero attached hydrogens (tertiary/aromatic N) is 2. The van der Waals surface area contributed by atoms with Gasteiger partial charge in [0.2, 0.25) is 0 Å². The minimum Gasteiger partial charge on any atom is -0.376 e. The summed E-state index contributed by atoms with van der Waals surface area (Å²) in [4.78, 5) is 17.9. The van der Waals surface area contributed by atoms with E-state index in [2.05, 4.69) is 10.3 Å². The Morgan fingerprint density at radius 2 is 1.95 bits per heavy atom. The van der Waals surface area contributed by atoms with E-state index >= 15 is 0 Å². The fraction of sp³-hybridized carbons (Fsp3) is 0.143. The molecule has 0 fully saturated rings. The Bertz CT molecular complexity index is 627. The van der Waals surface area contributed by atoms with Crippen LogP contribution in [-0.2, 0) is 0 Å². The van der Waals surface area contributed by atoms with E-state index < -0.39 is 0 Å². The molecule has 2 rings (SSSR count). The van der Waals surface area contributed by atoms with Gasteiger partial charge < -0.3 is 10.2 Å². The maximum atomic E-state index is 12.2. The average Bonchev–Trinajstić information content (AvgIpc) is 2.39. The Kier molecular flexibility index (Phi) is 4.47. The lowest BCUT2D eigenvalue weighted by atomic mass is 10.2. The number of carbonyl (C=O) groups excluding carboxylic acids is 1. The van der Waals surface area contributed by atoms with E-state index in [0.29, 0.717) is 21.4 Å². The van der Waals surface area contributed by atoms with Crippen molar-refractivity contribution in [3.05, 3.63) is 52.3 Å². The predicted molar refractivity (Wildman–Crippen MR) is 83.0 cm³/mol. The van der Waals surface area contributed by atoms with Crippen molar-refractivity contribution in [3.63, 3.8) is 0 Å². The van der Waals surface area contributed by atoms with Crippen molar-refractivity contribution >= 4 is 40.5 Å². The van der Waals surface area contributed by atoms with Gasteiger partial charge >= 0.3 is 0 Å². The summed E-state index contributed by atoms with van der Waals surface area (Å²) in [5.41, 5.74) is 1.94. The fourth-order valence-electron chi connectivity index (χ4n) is 1.70. The number of pyridine rings is 1. The van der Waals surface area contributed by atoms with Gasteiger partial charge in [-0.05, 0) is 30.3 Å². The highest BCUT2D eigenvalue weighted by atomic mass is 35.5. The van der Waals surface area contributed by atoms with E-state index in [-0.39, 0.29) is 5.91 Å². The van der Waals surface area contributed by atoms with Crippen LogP contribution < -0.4 is 10.2 Å². The summed E-state index contributed by atoms with van der Waals surface area (Å²) in [6.07, 6.45) is 1.43. The van der Waals surface area contributed by atoms with E-state index in [4.69, 9.17) is 23.2 Å². The predicted octanol–water partition coefficient (Wildman–Crippen LogP) is 3.71. The monoisotopic (exact) mass is 309 g/mol. The van der Waals surface area contributed by atoms with Crippen molar-refractivity contribution in [2.24, 2.45) is 0 Å². The summed E-state index contributed by atoms with van der Waals surface area (Å²) in [5.74, 6) is -0.264. The molecule has 1 aromatic heterocycles. The molecule has 0 unspecified atom stereocenters. The molecular weight excluding hydrogens is 297 g/mol. The van der Waals surface area contributed by atoms with E-state index in [9.17, 15) is 4.79 Å². The van der Waals surface area contributed by atoms with Gasteiger partial charge in [0.25, 0.3) is 5.91 Å². The van der Waals surface area contributed by atoms with Gasteiger partial charge in [0.05, 0.1) is 16.9 Å². The first-order chi connectivity index (χ1) is 9.47. The Morgan fingerprint density at radius 3 is 2.55 bits per heavy atom. The average molecular weight is 310 g/mol. The largest absolute Gasteiger partial charge is 0.376 e. The zero-order valence-corrected chi connectivity index (χ0v) is 12.5. The first-order valence-electron chi connectivity index (χ1n) is 5.87. The van der Waals surface area contributed by atoms with Crippen LogP contribution in [0.15, 0.2) is 36.5 Å².